The van der Waals surface area contributed by atoms with Crippen LogP contribution in [0.25, 0.3) is 0 Å². The van der Waals surface area contributed by atoms with Gasteiger partial charge in [0.2, 0.25) is 0 Å². The van der Waals surface area contributed by atoms with Gasteiger partial charge in [0.15, 0.2) is 0 Å². The number of ketones is 2. The van der Waals surface area contributed by atoms with Crippen LogP contribution in [0.5, 0.6) is 0 Å². The largest absolute Gasteiger partial charge is 0.481 e. The third kappa shape index (κ3) is 5.97. The molecule has 1 aliphatic rings. The van der Waals surface area contributed by atoms with Crippen LogP contribution >= 0.6 is 0 Å². The van der Waals surface area contributed by atoms with Crippen molar-refractivity contribution < 1.29 is 29.0 Å². The van der Waals surface area contributed by atoms with Gasteiger partial charge in [0.1, 0.15) is 18.2 Å². The first-order chi connectivity index (χ1) is 12.4. The fourth-order valence-corrected chi connectivity index (χ4v) is 3.17. The number of aliphatic carboxylic acids is 1. The topological polar surface area (TPSA) is 110 Å². The van der Waals surface area contributed by atoms with Crippen molar-refractivity contribution in [3.63, 3.8) is 0 Å². The number of hydrogen-bond donors (Lipinski definition) is 2. The normalized spacial score (nSPS) is 16.0. The van der Waals surface area contributed by atoms with E-state index in [0.29, 0.717) is 32.1 Å². The highest BCUT2D eigenvalue weighted by molar-refractivity contribution is 6.08. The fraction of sp³-hybridized carbons (Fsp3) is 0.684. The molecule has 1 saturated carbocycles. The van der Waals surface area contributed by atoms with E-state index in [4.69, 9.17) is 4.74 Å². The summed E-state index contributed by atoms with van der Waals surface area (Å²) in [5, 5.41) is 11.9. The third-order valence-electron chi connectivity index (χ3n) is 4.86. The number of amides is 1. The fourth-order valence-electron chi connectivity index (χ4n) is 3.17. The SMILES string of the molecule is C=CCOC(=O)NCCC[C@H](CC(=O)C1(C(=O)CCC)CCC1)C(=O)O. The van der Waals surface area contributed by atoms with E-state index in [1.807, 2.05) is 6.92 Å². The zero-order valence-corrected chi connectivity index (χ0v) is 15.4. The van der Waals surface area contributed by atoms with Crippen molar-refractivity contribution in [1.82, 2.24) is 5.32 Å². The van der Waals surface area contributed by atoms with Gasteiger partial charge in [-0.1, -0.05) is 26.0 Å². The predicted molar refractivity (Wildman–Crippen MR) is 95.7 cm³/mol. The Bertz CT molecular complexity index is 538. The average Bonchev–Trinajstić information content (AvgIpc) is 2.54. The Morgan fingerprint density at radius 1 is 1.27 bits per heavy atom. The van der Waals surface area contributed by atoms with Gasteiger partial charge in [-0.15, -0.1) is 0 Å². The lowest BCUT2D eigenvalue weighted by molar-refractivity contribution is -0.152. The molecule has 1 rings (SSSR count). The molecule has 0 aromatic heterocycles. The maximum absolute atomic E-state index is 12.7. The monoisotopic (exact) mass is 367 g/mol. The Hall–Kier alpha value is -2.18. The van der Waals surface area contributed by atoms with E-state index in [-0.39, 0.29) is 37.6 Å². The number of ether oxygens (including phenoxy) is 1. The highest BCUT2D eigenvalue weighted by Crippen LogP contribution is 2.45. The Labute approximate surface area is 154 Å². The van der Waals surface area contributed by atoms with E-state index in [2.05, 4.69) is 11.9 Å². The lowest BCUT2D eigenvalue weighted by Crippen LogP contribution is -2.46. The summed E-state index contributed by atoms with van der Waals surface area (Å²) in [6, 6.07) is 0. The molecule has 26 heavy (non-hydrogen) atoms. The first-order valence-corrected chi connectivity index (χ1v) is 9.18. The van der Waals surface area contributed by atoms with Gasteiger partial charge < -0.3 is 15.2 Å². The van der Waals surface area contributed by atoms with Crippen molar-refractivity contribution in [3.8, 4) is 0 Å². The molecule has 0 unspecified atom stereocenters. The van der Waals surface area contributed by atoms with Gasteiger partial charge in [0.25, 0.3) is 0 Å². The minimum absolute atomic E-state index is 0.0491. The lowest BCUT2D eigenvalue weighted by atomic mass is 9.61. The van der Waals surface area contributed by atoms with Crippen molar-refractivity contribution in [1.29, 1.82) is 0 Å². The highest BCUT2D eigenvalue weighted by Gasteiger charge is 2.49. The van der Waals surface area contributed by atoms with E-state index in [9.17, 15) is 24.3 Å². The van der Waals surface area contributed by atoms with Crippen LogP contribution in [0.2, 0.25) is 0 Å². The smallest absolute Gasteiger partial charge is 0.407 e. The molecule has 0 aromatic rings. The van der Waals surface area contributed by atoms with Crippen molar-refractivity contribution in [3.05, 3.63) is 12.7 Å². The Morgan fingerprint density at radius 2 is 1.96 bits per heavy atom. The van der Waals surface area contributed by atoms with Crippen LogP contribution in [0.15, 0.2) is 12.7 Å². The molecule has 1 fully saturated rings. The number of carbonyl (C=O) groups is 4. The molecule has 0 spiro atoms. The van der Waals surface area contributed by atoms with Gasteiger partial charge in [-0.25, -0.2) is 4.79 Å². The number of Topliss-reactive ketones (excluding diaryl/α,β-unsaturated/α-hetero) is 2. The summed E-state index contributed by atoms with van der Waals surface area (Å²) in [5.41, 5.74) is -0.948. The zero-order chi connectivity index (χ0) is 19.6. The van der Waals surface area contributed by atoms with Crippen LogP contribution in [0, 0.1) is 11.3 Å². The van der Waals surface area contributed by atoms with Crippen LogP contribution in [-0.4, -0.2) is 41.9 Å². The molecule has 1 amide bonds. The molecule has 1 aliphatic carbocycles. The number of carbonyl (C=O) groups excluding carboxylic acids is 3. The highest BCUT2D eigenvalue weighted by atomic mass is 16.5. The van der Waals surface area contributed by atoms with Crippen LogP contribution in [0.1, 0.15) is 58.3 Å². The summed E-state index contributed by atoms with van der Waals surface area (Å²) < 4.78 is 4.75. The van der Waals surface area contributed by atoms with Gasteiger partial charge in [-0.2, -0.15) is 0 Å². The van der Waals surface area contributed by atoms with Gasteiger partial charge >= 0.3 is 12.1 Å². The summed E-state index contributed by atoms with van der Waals surface area (Å²) in [4.78, 5) is 47.7. The lowest BCUT2D eigenvalue weighted by Gasteiger charge is -2.39. The molecule has 0 aliphatic heterocycles. The molecule has 0 saturated heterocycles. The molecule has 0 aromatic carbocycles. The molecule has 1 atom stereocenters. The van der Waals surface area contributed by atoms with Crippen molar-refractivity contribution in [2.24, 2.45) is 11.3 Å². The molecular formula is C19H29NO6. The Kier molecular flexibility index (Phi) is 9.02. The number of hydrogen-bond acceptors (Lipinski definition) is 5. The van der Waals surface area contributed by atoms with Crippen molar-refractivity contribution in [2.75, 3.05) is 13.2 Å². The van der Waals surface area contributed by atoms with E-state index in [1.54, 1.807) is 0 Å². The summed E-state index contributed by atoms with van der Waals surface area (Å²) in [6.07, 6.45) is 4.32. The van der Waals surface area contributed by atoms with Crippen LogP contribution in [-0.2, 0) is 19.1 Å². The third-order valence-corrected chi connectivity index (χ3v) is 4.86. The summed E-state index contributed by atoms with van der Waals surface area (Å²) in [6.45, 7) is 5.68. The second-order valence-electron chi connectivity index (χ2n) is 6.73. The van der Waals surface area contributed by atoms with Crippen molar-refractivity contribution in [2.45, 2.75) is 58.3 Å². The molecule has 146 valence electrons. The number of rotatable bonds is 13. The molecular weight excluding hydrogens is 338 g/mol. The summed E-state index contributed by atoms with van der Waals surface area (Å²) in [5.74, 6) is -2.19. The molecule has 0 radical (unpaired) electrons. The summed E-state index contributed by atoms with van der Waals surface area (Å²) >= 11 is 0. The van der Waals surface area contributed by atoms with E-state index in [1.165, 1.54) is 6.08 Å². The van der Waals surface area contributed by atoms with Crippen molar-refractivity contribution >= 4 is 23.6 Å². The molecule has 0 bridgehead atoms. The minimum Gasteiger partial charge on any atom is -0.481 e. The van der Waals surface area contributed by atoms with Gasteiger partial charge in [-0.05, 0) is 32.1 Å². The molecule has 0 heterocycles. The Balaban J connectivity index is 2.50. The molecule has 7 heteroatoms. The summed E-state index contributed by atoms with van der Waals surface area (Å²) in [7, 11) is 0. The quantitative estimate of drug-likeness (QED) is 0.294. The van der Waals surface area contributed by atoms with E-state index < -0.39 is 23.4 Å². The van der Waals surface area contributed by atoms with E-state index >= 15 is 0 Å². The maximum atomic E-state index is 12.7. The molecule has 2 N–H and O–H groups in total. The Morgan fingerprint density at radius 3 is 2.46 bits per heavy atom. The minimum atomic E-state index is -1.05. The first-order valence-electron chi connectivity index (χ1n) is 9.18. The number of carboxylic acid groups (broad SMARTS) is 1. The van der Waals surface area contributed by atoms with Gasteiger partial charge in [0, 0.05) is 19.4 Å². The standard InChI is InChI=1S/C19H29NO6/c1-3-7-15(21)19(9-6-10-19)16(22)13-14(17(23)24)8-5-11-20-18(25)26-12-4-2/h4,14H,2-3,5-13H2,1H3,(H,20,25)(H,23,24)/t14-/m1/s1. The van der Waals surface area contributed by atoms with Crippen LogP contribution < -0.4 is 5.32 Å². The van der Waals surface area contributed by atoms with Gasteiger partial charge in [-0.3, -0.25) is 14.4 Å². The zero-order valence-electron chi connectivity index (χ0n) is 15.4. The second kappa shape index (κ2) is 10.7. The maximum Gasteiger partial charge on any atom is 0.407 e. The van der Waals surface area contributed by atoms with Gasteiger partial charge in [0.05, 0.1) is 11.3 Å². The number of carboxylic acids is 1. The number of alkyl carbamates (subject to hydrolysis) is 1. The first kappa shape index (κ1) is 21.9. The average molecular weight is 367 g/mol. The predicted octanol–water partition coefficient (Wildman–Crippen LogP) is 2.88. The van der Waals surface area contributed by atoms with E-state index in [0.717, 1.165) is 6.42 Å². The van der Waals surface area contributed by atoms with Crippen LogP contribution in [0.3, 0.4) is 0 Å². The molecule has 7 nitrogen and oxygen atoms in total. The number of nitrogens with one attached hydrogen (secondary N) is 1. The van der Waals surface area contributed by atoms with Crippen LogP contribution in [0.4, 0.5) is 4.79 Å². The second-order valence-corrected chi connectivity index (χ2v) is 6.73.